The number of hydrogen-bond donors (Lipinski definition) is 2. The maximum absolute atomic E-state index is 12.5. The van der Waals surface area contributed by atoms with Gasteiger partial charge in [-0.15, -0.1) is 0 Å². The molecule has 0 spiro atoms. The van der Waals surface area contributed by atoms with Crippen molar-refractivity contribution < 1.29 is 23.1 Å². The number of anilines is 2. The first-order valence-corrected chi connectivity index (χ1v) is 7.57. The Balaban J connectivity index is 2.11. The zero-order valence-corrected chi connectivity index (χ0v) is 13.8. The molecule has 1 heterocycles. The largest absolute Gasteiger partial charge is 0.494 e. The van der Waals surface area contributed by atoms with E-state index in [4.69, 9.17) is 4.74 Å². The molecule has 2 rings (SSSR count). The van der Waals surface area contributed by atoms with Gasteiger partial charge in [-0.25, -0.2) is 4.68 Å². The summed E-state index contributed by atoms with van der Waals surface area (Å²) >= 11 is 0. The fraction of sp³-hybridized carbons (Fsp3) is 0.312. The summed E-state index contributed by atoms with van der Waals surface area (Å²) < 4.78 is 30.6. The molecule has 2 N–H and O–H groups in total. The molecule has 134 valence electrons. The van der Waals surface area contributed by atoms with Gasteiger partial charge < -0.3 is 15.4 Å². The molecular weight excluding hydrogens is 334 g/mol. The standard InChI is InChI=1S/C16H18F2N4O3/c1-3-4-14(23)20-11-6-5-10(9-13(11)25-2)19-15(24)12-7-8-22(21-12)16(17)18/h5-9,16H,3-4H2,1-2H3,(H,19,24)(H,20,23). The summed E-state index contributed by atoms with van der Waals surface area (Å²) in [6.45, 7) is -0.919. The second-order valence-corrected chi connectivity index (χ2v) is 5.13. The summed E-state index contributed by atoms with van der Waals surface area (Å²) in [6, 6.07) is 5.85. The van der Waals surface area contributed by atoms with Gasteiger partial charge in [0.2, 0.25) is 5.91 Å². The molecule has 0 aliphatic heterocycles. The van der Waals surface area contributed by atoms with Gasteiger partial charge in [0, 0.05) is 24.4 Å². The van der Waals surface area contributed by atoms with E-state index >= 15 is 0 Å². The number of ether oxygens (including phenoxy) is 1. The van der Waals surface area contributed by atoms with Crippen molar-refractivity contribution in [3.63, 3.8) is 0 Å². The first-order valence-electron chi connectivity index (χ1n) is 7.57. The van der Waals surface area contributed by atoms with Crippen LogP contribution in [0.5, 0.6) is 5.75 Å². The Kier molecular flexibility index (Phi) is 6.04. The minimum Gasteiger partial charge on any atom is -0.494 e. The van der Waals surface area contributed by atoms with Gasteiger partial charge in [-0.2, -0.15) is 13.9 Å². The quantitative estimate of drug-likeness (QED) is 0.801. The summed E-state index contributed by atoms with van der Waals surface area (Å²) in [5, 5.41) is 8.75. The van der Waals surface area contributed by atoms with Crippen LogP contribution in [-0.4, -0.2) is 28.7 Å². The number of nitrogens with one attached hydrogen (secondary N) is 2. The third-order valence-electron chi connectivity index (χ3n) is 3.25. The fourth-order valence-electron chi connectivity index (χ4n) is 2.07. The van der Waals surface area contributed by atoms with Crippen LogP contribution in [0.25, 0.3) is 0 Å². The van der Waals surface area contributed by atoms with Gasteiger partial charge >= 0.3 is 6.55 Å². The minimum atomic E-state index is -2.81. The van der Waals surface area contributed by atoms with Crippen molar-refractivity contribution in [2.45, 2.75) is 26.3 Å². The van der Waals surface area contributed by atoms with Gasteiger partial charge in [-0.1, -0.05) is 6.92 Å². The maximum atomic E-state index is 12.5. The average Bonchev–Trinajstić information content (AvgIpc) is 3.07. The summed E-state index contributed by atoms with van der Waals surface area (Å²) in [6.07, 6.45) is 2.12. The van der Waals surface area contributed by atoms with Crippen molar-refractivity contribution in [3.8, 4) is 5.75 Å². The van der Waals surface area contributed by atoms with Crippen molar-refractivity contribution in [1.29, 1.82) is 0 Å². The average molecular weight is 352 g/mol. The lowest BCUT2D eigenvalue weighted by Gasteiger charge is -2.12. The molecular formula is C16H18F2N4O3. The molecule has 1 aromatic heterocycles. The Morgan fingerprint density at radius 1 is 1.28 bits per heavy atom. The van der Waals surface area contributed by atoms with E-state index in [1.165, 1.54) is 19.2 Å². The highest BCUT2D eigenvalue weighted by Crippen LogP contribution is 2.28. The van der Waals surface area contributed by atoms with E-state index in [0.29, 0.717) is 34.6 Å². The number of halogens is 2. The predicted octanol–water partition coefficient (Wildman–Crippen LogP) is 3.28. The van der Waals surface area contributed by atoms with Crippen LogP contribution in [0.15, 0.2) is 30.5 Å². The number of carbonyl (C=O) groups is 2. The molecule has 0 saturated carbocycles. The second-order valence-electron chi connectivity index (χ2n) is 5.13. The third-order valence-corrected chi connectivity index (χ3v) is 3.25. The van der Waals surface area contributed by atoms with Crippen LogP contribution in [0.1, 0.15) is 36.8 Å². The first-order chi connectivity index (χ1) is 11.9. The van der Waals surface area contributed by atoms with Crippen LogP contribution in [0, 0.1) is 0 Å². The van der Waals surface area contributed by atoms with Crippen molar-refractivity contribution in [3.05, 3.63) is 36.2 Å². The number of aromatic nitrogens is 2. The predicted molar refractivity (Wildman–Crippen MR) is 88.0 cm³/mol. The molecule has 0 aliphatic carbocycles. The van der Waals surface area contributed by atoms with E-state index in [-0.39, 0.29) is 11.6 Å². The lowest BCUT2D eigenvalue weighted by atomic mass is 10.2. The Labute approximate surface area is 143 Å². The maximum Gasteiger partial charge on any atom is 0.333 e. The summed E-state index contributed by atoms with van der Waals surface area (Å²) in [7, 11) is 1.43. The Morgan fingerprint density at radius 2 is 2.04 bits per heavy atom. The number of hydrogen-bond acceptors (Lipinski definition) is 4. The van der Waals surface area contributed by atoms with E-state index in [1.54, 1.807) is 12.1 Å². The number of amides is 2. The van der Waals surface area contributed by atoms with Gasteiger partial charge in [-0.05, 0) is 24.6 Å². The Hall–Kier alpha value is -2.97. The molecule has 0 aliphatic rings. The number of alkyl halides is 2. The molecule has 0 atom stereocenters. The molecule has 0 bridgehead atoms. The number of rotatable bonds is 7. The van der Waals surface area contributed by atoms with Crippen molar-refractivity contribution in [2.24, 2.45) is 0 Å². The van der Waals surface area contributed by atoms with Crippen LogP contribution < -0.4 is 15.4 Å². The van der Waals surface area contributed by atoms with Gasteiger partial charge in [0.05, 0.1) is 12.8 Å². The van der Waals surface area contributed by atoms with Gasteiger partial charge in [0.25, 0.3) is 5.91 Å². The summed E-state index contributed by atoms with van der Waals surface area (Å²) in [5.41, 5.74) is 0.711. The highest BCUT2D eigenvalue weighted by atomic mass is 19.3. The lowest BCUT2D eigenvalue weighted by molar-refractivity contribution is -0.116. The zero-order chi connectivity index (χ0) is 18.4. The van der Waals surface area contributed by atoms with E-state index in [0.717, 1.165) is 6.20 Å². The normalized spacial score (nSPS) is 10.6. The van der Waals surface area contributed by atoms with E-state index in [2.05, 4.69) is 15.7 Å². The molecule has 2 aromatic rings. The SMILES string of the molecule is CCCC(=O)Nc1ccc(NC(=O)c2ccn(C(F)F)n2)cc1OC. The molecule has 7 nitrogen and oxygen atoms in total. The van der Waals surface area contributed by atoms with E-state index in [1.807, 2.05) is 6.92 Å². The zero-order valence-electron chi connectivity index (χ0n) is 13.8. The third kappa shape index (κ3) is 4.75. The molecule has 0 fully saturated rings. The van der Waals surface area contributed by atoms with Crippen LogP contribution in [0.2, 0.25) is 0 Å². The molecule has 9 heteroatoms. The minimum absolute atomic E-state index is 0.139. The number of carbonyl (C=O) groups excluding carboxylic acids is 2. The molecule has 0 unspecified atom stereocenters. The van der Waals surface area contributed by atoms with Gasteiger partial charge in [-0.3, -0.25) is 9.59 Å². The Bertz CT molecular complexity index is 762. The summed E-state index contributed by atoms with van der Waals surface area (Å²) in [4.78, 5) is 23.7. The molecule has 2 amide bonds. The van der Waals surface area contributed by atoms with Gasteiger partial charge in [0.1, 0.15) is 5.75 Å². The molecule has 0 radical (unpaired) electrons. The topological polar surface area (TPSA) is 85.3 Å². The number of methoxy groups -OCH3 is 1. The number of nitrogens with zero attached hydrogens (tertiary/aromatic N) is 2. The Morgan fingerprint density at radius 3 is 2.64 bits per heavy atom. The molecule has 25 heavy (non-hydrogen) atoms. The fourth-order valence-corrected chi connectivity index (χ4v) is 2.07. The highest BCUT2D eigenvalue weighted by molar-refractivity contribution is 6.03. The lowest BCUT2D eigenvalue weighted by Crippen LogP contribution is -2.14. The van der Waals surface area contributed by atoms with Crippen molar-refractivity contribution in [2.75, 3.05) is 17.7 Å². The monoisotopic (exact) mass is 352 g/mol. The number of benzene rings is 1. The van der Waals surface area contributed by atoms with Gasteiger partial charge in [0.15, 0.2) is 5.69 Å². The van der Waals surface area contributed by atoms with Crippen LogP contribution in [0.4, 0.5) is 20.2 Å². The smallest absolute Gasteiger partial charge is 0.333 e. The van der Waals surface area contributed by atoms with E-state index < -0.39 is 12.5 Å². The molecule has 0 saturated heterocycles. The van der Waals surface area contributed by atoms with Crippen LogP contribution in [-0.2, 0) is 4.79 Å². The van der Waals surface area contributed by atoms with Crippen LogP contribution in [0.3, 0.4) is 0 Å². The summed E-state index contributed by atoms with van der Waals surface area (Å²) in [5.74, 6) is -0.417. The second kappa shape index (κ2) is 8.22. The first kappa shape index (κ1) is 18.4. The van der Waals surface area contributed by atoms with E-state index in [9.17, 15) is 18.4 Å². The molecule has 1 aromatic carbocycles. The van der Waals surface area contributed by atoms with Crippen LogP contribution >= 0.6 is 0 Å². The van der Waals surface area contributed by atoms with Crippen molar-refractivity contribution in [1.82, 2.24) is 9.78 Å². The van der Waals surface area contributed by atoms with Crippen molar-refractivity contribution >= 4 is 23.2 Å². The highest BCUT2D eigenvalue weighted by Gasteiger charge is 2.15.